The van der Waals surface area contributed by atoms with Crippen LogP contribution in [0.3, 0.4) is 0 Å². The van der Waals surface area contributed by atoms with Crippen LogP contribution in [0.2, 0.25) is 0 Å². The van der Waals surface area contributed by atoms with E-state index in [0.29, 0.717) is 6.04 Å². The van der Waals surface area contributed by atoms with Crippen LogP contribution in [-0.2, 0) is 0 Å². The molecule has 0 amide bonds. The molecule has 0 aromatic heterocycles. The zero-order valence-electron chi connectivity index (χ0n) is 9.97. The van der Waals surface area contributed by atoms with Gasteiger partial charge in [-0.05, 0) is 24.9 Å². The highest BCUT2D eigenvalue weighted by Gasteiger charge is 2.16. The molecule has 1 atom stereocenters. The van der Waals surface area contributed by atoms with Crippen LogP contribution in [0.25, 0.3) is 0 Å². The summed E-state index contributed by atoms with van der Waals surface area (Å²) in [5.74, 6) is 2.43. The minimum Gasteiger partial charge on any atom is -0.396 e. The SMILES string of the molecule is CCSCCC(C)NCC(C)(C)CO. The van der Waals surface area contributed by atoms with Gasteiger partial charge in [-0.15, -0.1) is 0 Å². The fourth-order valence-corrected chi connectivity index (χ4v) is 1.82. The Morgan fingerprint density at radius 2 is 2.07 bits per heavy atom. The average Bonchev–Trinajstić information content (AvgIpc) is 2.16. The molecule has 0 aromatic rings. The highest BCUT2D eigenvalue weighted by Crippen LogP contribution is 2.12. The van der Waals surface area contributed by atoms with Crippen molar-refractivity contribution in [3.05, 3.63) is 0 Å². The van der Waals surface area contributed by atoms with Crippen LogP contribution in [0.4, 0.5) is 0 Å². The predicted molar refractivity (Wildman–Crippen MR) is 65.9 cm³/mol. The van der Waals surface area contributed by atoms with Gasteiger partial charge in [0.05, 0.1) is 0 Å². The van der Waals surface area contributed by atoms with E-state index in [0.717, 1.165) is 6.54 Å². The number of hydrogen-bond acceptors (Lipinski definition) is 3. The molecule has 0 aliphatic rings. The van der Waals surface area contributed by atoms with Crippen LogP contribution in [-0.4, -0.2) is 35.8 Å². The van der Waals surface area contributed by atoms with Crippen LogP contribution in [0.5, 0.6) is 0 Å². The van der Waals surface area contributed by atoms with Gasteiger partial charge in [0.25, 0.3) is 0 Å². The van der Waals surface area contributed by atoms with Gasteiger partial charge in [-0.1, -0.05) is 20.8 Å². The quantitative estimate of drug-likeness (QED) is 0.613. The van der Waals surface area contributed by atoms with Crippen molar-refractivity contribution in [1.82, 2.24) is 5.32 Å². The van der Waals surface area contributed by atoms with E-state index in [2.05, 4.69) is 33.0 Å². The summed E-state index contributed by atoms with van der Waals surface area (Å²) in [4.78, 5) is 0. The second kappa shape index (κ2) is 7.55. The lowest BCUT2D eigenvalue weighted by Gasteiger charge is -2.24. The van der Waals surface area contributed by atoms with Crippen LogP contribution in [0.15, 0.2) is 0 Å². The third-order valence-electron chi connectivity index (χ3n) is 2.26. The summed E-state index contributed by atoms with van der Waals surface area (Å²) in [5.41, 5.74) is 0.00611. The number of hydrogen-bond donors (Lipinski definition) is 2. The first kappa shape index (κ1) is 14.3. The molecule has 3 heteroatoms. The summed E-state index contributed by atoms with van der Waals surface area (Å²) in [7, 11) is 0. The van der Waals surface area contributed by atoms with Gasteiger partial charge < -0.3 is 10.4 Å². The van der Waals surface area contributed by atoms with Crippen molar-refractivity contribution in [2.75, 3.05) is 24.7 Å². The molecule has 0 aromatic carbocycles. The molecule has 0 aliphatic carbocycles. The molecule has 0 rings (SSSR count). The standard InChI is InChI=1S/C11H25NOS/c1-5-14-7-6-10(2)12-8-11(3,4)9-13/h10,12-13H,5-9H2,1-4H3. The zero-order valence-corrected chi connectivity index (χ0v) is 10.8. The molecule has 0 bridgehead atoms. The smallest absolute Gasteiger partial charge is 0.0494 e. The molecule has 0 radical (unpaired) electrons. The Bertz CT molecular complexity index is 139. The van der Waals surface area contributed by atoms with Crippen LogP contribution < -0.4 is 5.32 Å². The molecule has 0 heterocycles. The molecule has 1 unspecified atom stereocenters. The zero-order chi connectivity index (χ0) is 11.0. The molecular weight excluding hydrogens is 194 g/mol. The number of nitrogens with one attached hydrogen (secondary N) is 1. The summed E-state index contributed by atoms with van der Waals surface area (Å²) in [5, 5.41) is 12.5. The molecule has 86 valence electrons. The van der Waals surface area contributed by atoms with Crippen molar-refractivity contribution >= 4 is 11.8 Å². The second-order valence-electron chi connectivity index (χ2n) is 4.59. The van der Waals surface area contributed by atoms with E-state index >= 15 is 0 Å². The monoisotopic (exact) mass is 219 g/mol. The van der Waals surface area contributed by atoms with Crippen LogP contribution in [0, 0.1) is 5.41 Å². The van der Waals surface area contributed by atoms with Crippen molar-refractivity contribution in [3.8, 4) is 0 Å². The lowest BCUT2D eigenvalue weighted by Crippen LogP contribution is -2.37. The largest absolute Gasteiger partial charge is 0.396 e. The lowest BCUT2D eigenvalue weighted by molar-refractivity contribution is 0.153. The molecule has 0 fully saturated rings. The first-order valence-corrected chi connectivity index (χ1v) is 6.59. The predicted octanol–water partition coefficient (Wildman–Crippen LogP) is 2.13. The summed E-state index contributed by atoms with van der Waals surface area (Å²) < 4.78 is 0. The lowest BCUT2D eigenvalue weighted by atomic mass is 9.94. The highest BCUT2D eigenvalue weighted by molar-refractivity contribution is 7.99. The van der Waals surface area contributed by atoms with Crippen molar-refractivity contribution < 1.29 is 5.11 Å². The van der Waals surface area contributed by atoms with Gasteiger partial charge >= 0.3 is 0 Å². The van der Waals surface area contributed by atoms with Gasteiger partial charge in [-0.25, -0.2) is 0 Å². The first-order valence-electron chi connectivity index (χ1n) is 5.44. The Balaban J connectivity index is 3.48. The number of aliphatic hydroxyl groups excluding tert-OH is 1. The highest BCUT2D eigenvalue weighted by atomic mass is 32.2. The van der Waals surface area contributed by atoms with Gasteiger partial charge in [-0.3, -0.25) is 0 Å². The maximum Gasteiger partial charge on any atom is 0.0494 e. The third-order valence-corrected chi connectivity index (χ3v) is 3.19. The van der Waals surface area contributed by atoms with E-state index in [1.54, 1.807) is 0 Å². The summed E-state index contributed by atoms with van der Waals surface area (Å²) in [6, 6.07) is 0.555. The fraction of sp³-hybridized carbons (Fsp3) is 1.00. The van der Waals surface area contributed by atoms with Crippen molar-refractivity contribution in [2.45, 2.75) is 40.2 Å². The summed E-state index contributed by atoms with van der Waals surface area (Å²) >= 11 is 1.99. The van der Waals surface area contributed by atoms with Gasteiger partial charge in [-0.2, -0.15) is 11.8 Å². The molecule has 0 saturated heterocycles. The Morgan fingerprint density at radius 3 is 2.57 bits per heavy atom. The Morgan fingerprint density at radius 1 is 1.43 bits per heavy atom. The van der Waals surface area contributed by atoms with Gasteiger partial charge in [0.1, 0.15) is 0 Å². The van der Waals surface area contributed by atoms with E-state index < -0.39 is 0 Å². The Labute approximate surface area is 92.9 Å². The summed E-state index contributed by atoms with van der Waals surface area (Å²) in [6.45, 7) is 9.69. The molecule has 0 aliphatic heterocycles. The summed E-state index contributed by atoms with van der Waals surface area (Å²) in [6.07, 6.45) is 1.21. The van der Waals surface area contributed by atoms with E-state index in [4.69, 9.17) is 5.11 Å². The Kier molecular flexibility index (Phi) is 7.69. The first-order chi connectivity index (χ1) is 6.52. The van der Waals surface area contributed by atoms with E-state index in [1.165, 1.54) is 17.9 Å². The second-order valence-corrected chi connectivity index (χ2v) is 5.98. The van der Waals surface area contributed by atoms with Crippen molar-refractivity contribution in [3.63, 3.8) is 0 Å². The van der Waals surface area contributed by atoms with Gasteiger partial charge in [0.15, 0.2) is 0 Å². The van der Waals surface area contributed by atoms with Crippen molar-refractivity contribution in [1.29, 1.82) is 0 Å². The van der Waals surface area contributed by atoms with E-state index in [1.807, 2.05) is 11.8 Å². The number of thioether (sulfide) groups is 1. The molecule has 2 N–H and O–H groups in total. The molecule has 0 saturated carbocycles. The van der Waals surface area contributed by atoms with Crippen LogP contribution in [0.1, 0.15) is 34.1 Å². The molecule has 0 spiro atoms. The van der Waals surface area contributed by atoms with Crippen molar-refractivity contribution in [2.24, 2.45) is 5.41 Å². The third kappa shape index (κ3) is 7.65. The maximum atomic E-state index is 9.08. The van der Waals surface area contributed by atoms with E-state index in [9.17, 15) is 0 Å². The molecule has 14 heavy (non-hydrogen) atoms. The number of rotatable bonds is 8. The van der Waals surface area contributed by atoms with Crippen LogP contribution >= 0.6 is 11.8 Å². The fourth-order valence-electron chi connectivity index (χ4n) is 1.01. The average molecular weight is 219 g/mol. The normalized spacial score (nSPS) is 14.4. The Hall–Kier alpha value is 0.270. The molecular formula is C11H25NOS. The van der Waals surface area contributed by atoms with Gasteiger partial charge in [0, 0.05) is 24.6 Å². The minimum atomic E-state index is 0.00611. The topological polar surface area (TPSA) is 32.3 Å². The molecule has 2 nitrogen and oxygen atoms in total. The maximum absolute atomic E-state index is 9.08. The minimum absolute atomic E-state index is 0.00611. The van der Waals surface area contributed by atoms with E-state index in [-0.39, 0.29) is 12.0 Å². The number of aliphatic hydroxyl groups is 1. The van der Waals surface area contributed by atoms with Gasteiger partial charge in [0.2, 0.25) is 0 Å².